The van der Waals surface area contributed by atoms with Crippen LogP contribution in [0, 0.1) is 11.8 Å². The first-order valence-electron chi connectivity index (χ1n) is 6.46. The van der Waals surface area contributed by atoms with E-state index in [1.54, 1.807) is 0 Å². The highest BCUT2D eigenvalue weighted by atomic mass is 79.9. The fourth-order valence-electron chi connectivity index (χ4n) is 2.84. The van der Waals surface area contributed by atoms with Gasteiger partial charge in [-0.1, -0.05) is 48.0 Å². The molecule has 0 spiro atoms. The highest BCUT2D eigenvalue weighted by Crippen LogP contribution is 2.38. The zero-order valence-electron chi connectivity index (χ0n) is 10.6. The molecule has 0 aromatic heterocycles. The first kappa shape index (κ1) is 13.1. The molecule has 0 bridgehead atoms. The topological polar surface area (TPSA) is 20.2 Å². The van der Waals surface area contributed by atoms with Crippen LogP contribution in [-0.2, 0) is 6.42 Å². The van der Waals surface area contributed by atoms with E-state index >= 15 is 0 Å². The van der Waals surface area contributed by atoms with E-state index in [0.29, 0.717) is 5.92 Å². The minimum Gasteiger partial charge on any atom is -0.390 e. The summed E-state index contributed by atoms with van der Waals surface area (Å²) in [6, 6.07) is 8.21. The molecular formula is C15H21BrO. The molecule has 1 fully saturated rings. The standard InChI is InChI=1S/C15H21BrO/c1-11-7-8-15(17,9-12(11)2)10-13-5-3-4-6-14(13)16/h3-6,11-12,17H,7-10H2,1-2H3. The Morgan fingerprint density at radius 2 is 2.00 bits per heavy atom. The van der Waals surface area contributed by atoms with Crippen LogP contribution in [0.15, 0.2) is 28.7 Å². The van der Waals surface area contributed by atoms with Crippen LogP contribution < -0.4 is 0 Å². The molecule has 2 rings (SSSR count). The monoisotopic (exact) mass is 296 g/mol. The van der Waals surface area contributed by atoms with E-state index in [1.807, 2.05) is 18.2 Å². The van der Waals surface area contributed by atoms with Crippen LogP contribution >= 0.6 is 15.9 Å². The molecule has 17 heavy (non-hydrogen) atoms. The molecule has 3 atom stereocenters. The lowest BCUT2D eigenvalue weighted by Crippen LogP contribution is -2.39. The van der Waals surface area contributed by atoms with Crippen LogP contribution in [0.25, 0.3) is 0 Å². The first-order valence-corrected chi connectivity index (χ1v) is 7.25. The van der Waals surface area contributed by atoms with Gasteiger partial charge in [0.25, 0.3) is 0 Å². The van der Waals surface area contributed by atoms with Gasteiger partial charge in [-0.3, -0.25) is 0 Å². The number of hydrogen-bond donors (Lipinski definition) is 1. The van der Waals surface area contributed by atoms with Crippen LogP contribution in [0.5, 0.6) is 0 Å². The molecule has 0 aliphatic heterocycles. The van der Waals surface area contributed by atoms with Crippen molar-refractivity contribution in [1.29, 1.82) is 0 Å². The second-order valence-corrected chi connectivity index (χ2v) is 6.54. The molecule has 1 N–H and O–H groups in total. The second kappa shape index (κ2) is 5.11. The minimum absolute atomic E-state index is 0.504. The van der Waals surface area contributed by atoms with Crippen molar-refractivity contribution in [3.05, 3.63) is 34.3 Å². The minimum atomic E-state index is -0.504. The van der Waals surface area contributed by atoms with E-state index < -0.39 is 5.60 Å². The third-order valence-corrected chi connectivity index (χ3v) is 4.99. The number of aliphatic hydroxyl groups is 1. The van der Waals surface area contributed by atoms with Crippen molar-refractivity contribution in [1.82, 2.24) is 0 Å². The van der Waals surface area contributed by atoms with Gasteiger partial charge in [0, 0.05) is 10.9 Å². The molecule has 1 saturated carbocycles. The summed E-state index contributed by atoms with van der Waals surface area (Å²) in [5.74, 6) is 1.37. The molecule has 2 heteroatoms. The lowest BCUT2D eigenvalue weighted by molar-refractivity contribution is -0.0280. The zero-order chi connectivity index (χ0) is 12.5. The molecular weight excluding hydrogens is 276 g/mol. The van der Waals surface area contributed by atoms with Gasteiger partial charge in [-0.05, 0) is 42.7 Å². The van der Waals surface area contributed by atoms with Crippen molar-refractivity contribution < 1.29 is 5.11 Å². The van der Waals surface area contributed by atoms with Gasteiger partial charge in [0.2, 0.25) is 0 Å². The van der Waals surface area contributed by atoms with E-state index in [1.165, 1.54) is 5.56 Å². The summed E-state index contributed by atoms with van der Waals surface area (Å²) in [6.45, 7) is 4.55. The van der Waals surface area contributed by atoms with E-state index in [4.69, 9.17) is 0 Å². The molecule has 0 radical (unpaired) electrons. The predicted octanol–water partition coefficient (Wildman–Crippen LogP) is 4.18. The van der Waals surface area contributed by atoms with Crippen LogP contribution in [0.4, 0.5) is 0 Å². The quantitative estimate of drug-likeness (QED) is 0.868. The molecule has 3 unspecified atom stereocenters. The Bertz CT molecular complexity index is 390. The Morgan fingerprint density at radius 1 is 1.29 bits per heavy atom. The van der Waals surface area contributed by atoms with Crippen molar-refractivity contribution >= 4 is 15.9 Å². The van der Waals surface area contributed by atoms with Gasteiger partial charge in [-0.25, -0.2) is 0 Å². The van der Waals surface area contributed by atoms with Crippen LogP contribution in [-0.4, -0.2) is 10.7 Å². The lowest BCUT2D eigenvalue weighted by atomic mass is 9.71. The van der Waals surface area contributed by atoms with Crippen LogP contribution in [0.3, 0.4) is 0 Å². The van der Waals surface area contributed by atoms with Gasteiger partial charge in [0.15, 0.2) is 0 Å². The van der Waals surface area contributed by atoms with Crippen LogP contribution in [0.2, 0.25) is 0 Å². The molecule has 94 valence electrons. The summed E-state index contributed by atoms with van der Waals surface area (Å²) < 4.78 is 1.11. The number of halogens is 1. The van der Waals surface area contributed by atoms with Gasteiger partial charge in [-0.15, -0.1) is 0 Å². The molecule has 1 aromatic rings. The van der Waals surface area contributed by atoms with E-state index in [9.17, 15) is 5.11 Å². The highest BCUT2D eigenvalue weighted by Gasteiger charge is 2.36. The van der Waals surface area contributed by atoms with Crippen LogP contribution in [0.1, 0.15) is 38.7 Å². The van der Waals surface area contributed by atoms with Crippen molar-refractivity contribution in [2.75, 3.05) is 0 Å². The maximum atomic E-state index is 10.7. The normalized spacial score (nSPS) is 33.6. The molecule has 1 aromatic carbocycles. The van der Waals surface area contributed by atoms with Gasteiger partial charge in [0.1, 0.15) is 0 Å². The predicted molar refractivity (Wildman–Crippen MR) is 75.0 cm³/mol. The van der Waals surface area contributed by atoms with Crippen molar-refractivity contribution in [2.24, 2.45) is 11.8 Å². The van der Waals surface area contributed by atoms with Gasteiger partial charge >= 0.3 is 0 Å². The Kier molecular flexibility index (Phi) is 3.94. The average molecular weight is 297 g/mol. The summed E-state index contributed by atoms with van der Waals surface area (Å²) in [6.07, 6.45) is 3.77. The van der Waals surface area contributed by atoms with E-state index in [2.05, 4.69) is 35.8 Å². The number of rotatable bonds is 2. The molecule has 1 aliphatic rings. The summed E-state index contributed by atoms with van der Waals surface area (Å²) in [4.78, 5) is 0. The molecule has 0 saturated heterocycles. The largest absolute Gasteiger partial charge is 0.390 e. The van der Waals surface area contributed by atoms with Gasteiger partial charge < -0.3 is 5.11 Å². The fraction of sp³-hybridized carbons (Fsp3) is 0.600. The maximum absolute atomic E-state index is 10.7. The third kappa shape index (κ3) is 3.11. The molecule has 1 nitrogen and oxygen atoms in total. The Labute approximate surface area is 112 Å². The summed E-state index contributed by atoms with van der Waals surface area (Å²) in [5, 5.41) is 10.7. The first-order chi connectivity index (χ1) is 8.00. The fourth-order valence-corrected chi connectivity index (χ4v) is 3.27. The van der Waals surface area contributed by atoms with E-state index in [-0.39, 0.29) is 0 Å². The molecule has 0 heterocycles. The van der Waals surface area contributed by atoms with Crippen molar-refractivity contribution in [3.63, 3.8) is 0 Å². The molecule has 1 aliphatic carbocycles. The smallest absolute Gasteiger partial charge is 0.0691 e. The lowest BCUT2D eigenvalue weighted by Gasteiger charge is -2.39. The summed E-state index contributed by atoms with van der Waals surface area (Å²) >= 11 is 3.56. The third-order valence-electron chi connectivity index (χ3n) is 4.22. The Balaban J connectivity index is 2.10. The van der Waals surface area contributed by atoms with Gasteiger partial charge in [0.05, 0.1) is 5.60 Å². The summed E-state index contributed by atoms with van der Waals surface area (Å²) in [7, 11) is 0. The Hall–Kier alpha value is -0.340. The summed E-state index contributed by atoms with van der Waals surface area (Å²) in [5.41, 5.74) is 0.715. The van der Waals surface area contributed by atoms with Crippen molar-refractivity contribution in [2.45, 2.75) is 45.1 Å². The average Bonchev–Trinajstić information content (AvgIpc) is 2.28. The maximum Gasteiger partial charge on any atom is 0.0691 e. The van der Waals surface area contributed by atoms with E-state index in [0.717, 1.165) is 36.1 Å². The SMILES string of the molecule is CC1CCC(O)(Cc2ccccc2Br)CC1C. The zero-order valence-corrected chi connectivity index (χ0v) is 12.2. The van der Waals surface area contributed by atoms with Gasteiger partial charge in [-0.2, -0.15) is 0 Å². The number of benzene rings is 1. The second-order valence-electron chi connectivity index (χ2n) is 5.69. The van der Waals surface area contributed by atoms with Crippen molar-refractivity contribution in [3.8, 4) is 0 Å². The highest BCUT2D eigenvalue weighted by molar-refractivity contribution is 9.10. The molecule has 0 amide bonds. The number of hydrogen-bond acceptors (Lipinski definition) is 1. The Morgan fingerprint density at radius 3 is 2.65 bits per heavy atom.